The molecule has 0 heterocycles. The van der Waals surface area contributed by atoms with Gasteiger partial charge in [-0.15, -0.1) is 0 Å². The van der Waals surface area contributed by atoms with Gasteiger partial charge in [0.1, 0.15) is 7.85 Å². The number of hydrogen-bond acceptors (Lipinski definition) is 3. The smallest absolute Gasteiger partial charge is 0.272 e. The first-order chi connectivity index (χ1) is 6.16. The molecule has 0 aliphatic carbocycles. The van der Waals surface area contributed by atoms with Crippen LogP contribution < -0.4 is 5.46 Å². The molecule has 0 aliphatic heterocycles. The molecule has 13 heavy (non-hydrogen) atoms. The number of benzene rings is 1. The van der Waals surface area contributed by atoms with Crippen LogP contribution in [0.25, 0.3) is 0 Å². The Hall–Kier alpha value is -1.36. The first-order valence-electron chi connectivity index (χ1n) is 3.79. The highest BCUT2D eigenvalue weighted by molar-refractivity contribution is 6.33. The molecule has 0 fully saturated rings. The highest BCUT2D eigenvalue weighted by atomic mass is 16.6. The molecule has 0 spiro atoms. The third-order valence-electron chi connectivity index (χ3n) is 1.75. The van der Waals surface area contributed by atoms with Crippen molar-refractivity contribution in [3.63, 3.8) is 0 Å². The zero-order chi connectivity index (χ0) is 9.84. The lowest BCUT2D eigenvalue weighted by molar-refractivity contribution is -0.385. The summed E-state index contributed by atoms with van der Waals surface area (Å²) in [5.41, 5.74) is 0.715. The lowest BCUT2D eigenvalue weighted by Gasteiger charge is -2.04. The van der Waals surface area contributed by atoms with Gasteiger partial charge >= 0.3 is 0 Å². The van der Waals surface area contributed by atoms with Crippen LogP contribution in [0.2, 0.25) is 0 Å². The first kappa shape index (κ1) is 9.73. The average molecular weight is 177 g/mol. The second-order valence-corrected chi connectivity index (χ2v) is 2.58. The van der Waals surface area contributed by atoms with E-state index < -0.39 is 4.92 Å². The van der Waals surface area contributed by atoms with Crippen molar-refractivity contribution in [1.82, 2.24) is 0 Å². The largest absolute Gasteiger partial charge is 0.396 e. The van der Waals surface area contributed by atoms with E-state index in [1.807, 2.05) is 0 Å². The molecule has 1 aromatic carbocycles. The maximum atomic E-state index is 10.5. The van der Waals surface area contributed by atoms with Crippen LogP contribution in [0.4, 0.5) is 5.69 Å². The number of nitrogens with zero attached hydrogens (tertiary/aromatic N) is 1. The van der Waals surface area contributed by atoms with E-state index >= 15 is 0 Å². The van der Waals surface area contributed by atoms with Crippen LogP contribution in [-0.4, -0.2) is 24.5 Å². The number of rotatable bonds is 3. The van der Waals surface area contributed by atoms with E-state index in [0.29, 0.717) is 11.0 Å². The molecule has 2 radical (unpaired) electrons. The predicted molar refractivity (Wildman–Crippen MR) is 49.3 cm³/mol. The molecule has 0 bridgehead atoms. The van der Waals surface area contributed by atoms with E-state index in [1.54, 1.807) is 6.07 Å². The number of aliphatic hydroxyl groups excluding tert-OH is 1. The molecular weight excluding hydrogens is 169 g/mol. The molecule has 1 aromatic rings. The molecule has 4 nitrogen and oxygen atoms in total. The molecule has 66 valence electrons. The molecule has 0 aliphatic rings. The standard InChI is InChI=1S/C8H8BNO3/c9-7-2-1-3-8(10(12)13)6(7)4-5-11/h1-3,11H,4-5H2. The van der Waals surface area contributed by atoms with Crippen LogP contribution >= 0.6 is 0 Å². The van der Waals surface area contributed by atoms with E-state index in [4.69, 9.17) is 13.0 Å². The first-order valence-corrected chi connectivity index (χ1v) is 3.79. The molecule has 0 unspecified atom stereocenters. The van der Waals surface area contributed by atoms with Crippen LogP contribution in [0.1, 0.15) is 5.56 Å². The van der Waals surface area contributed by atoms with Gasteiger partial charge in [-0.3, -0.25) is 10.1 Å². The van der Waals surface area contributed by atoms with Gasteiger partial charge in [0.05, 0.1) is 4.92 Å². The SMILES string of the molecule is [B]c1cccc([N+](=O)[O-])c1CCO. The number of hydrogen-bond donors (Lipinski definition) is 1. The van der Waals surface area contributed by atoms with Crippen molar-refractivity contribution in [3.05, 3.63) is 33.9 Å². The topological polar surface area (TPSA) is 63.4 Å². The normalized spacial score (nSPS) is 9.92. The predicted octanol–water partition coefficient (Wildman–Crippen LogP) is -0.0766. The van der Waals surface area contributed by atoms with Gasteiger partial charge < -0.3 is 5.11 Å². The zero-order valence-electron chi connectivity index (χ0n) is 6.93. The van der Waals surface area contributed by atoms with Gasteiger partial charge in [-0.2, -0.15) is 0 Å². The maximum absolute atomic E-state index is 10.5. The van der Waals surface area contributed by atoms with E-state index in [-0.39, 0.29) is 18.7 Å². The summed E-state index contributed by atoms with van der Waals surface area (Å²) < 4.78 is 0. The molecule has 1 rings (SSSR count). The van der Waals surface area contributed by atoms with Crippen molar-refractivity contribution in [2.24, 2.45) is 0 Å². The molecular formula is C8H8BNO3. The number of nitro benzene ring substituents is 1. The van der Waals surface area contributed by atoms with E-state index in [9.17, 15) is 10.1 Å². The van der Waals surface area contributed by atoms with Crippen LogP contribution in [0.5, 0.6) is 0 Å². The van der Waals surface area contributed by atoms with Crippen molar-refractivity contribution in [2.75, 3.05) is 6.61 Å². The minimum atomic E-state index is -0.499. The van der Waals surface area contributed by atoms with Crippen LogP contribution in [0.15, 0.2) is 18.2 Å². The Kier molecular flexibility index (Phi) is 3.03. The van der Waals surface area contributed by atoms with Crippen molar-refractivity contribution < 1.29 is 10.0 Å². The molecule has 0 saturated heterocycles. The average Bonchev–Trinajstić information content (AvgIpc) is 2.08. The van der Waals surface area contributed by atoms with Crippen molar-refractivity contribution in [1.29, 1.82) is 0 Å². The summed E-state index contributed by atoms with van der Waals surface area (Å²) in [4.78, 5) is 10.0. The van der Waals surface area contributed by atoms with Crippen LogP contribution in [-0.2, 0) is 6.42 Å². The van der Waals surface area contributed by atoms with Gasteiger partial charge in [0.15, 0.2) is 0 Å². The Balaban J connectivity index is 3.17. The molecule has 0 saturated carbocycles. The van der Waals surface area contributed by atoms with E-state index in [0.717, 1.165) is 0 Å². The Bertz CT molecular complexity index is 327. The molecule has 5 heteroatoms. The summed E-state index contributed by atoms with van der Waals surface area (Å²) in [5, 5.41) is 19.2. The van der Waals surface area contributed by atoms with Gasteiger partial charge in [-0.25, -0.2) is 0 Å². The van der Waals surface area contributed by atoms with Crippen molar-refractivity contribution >= 4 is 19.0 Å². The number of aliphatic hydroxyl groups is 1. The summed E-state index contributed by atoms with van der Waals surface area (Å²) in [6.45, 7) is -0.144. The third-order valence-corrected chi connectivity index (χ3v) is 1.75. The Morgan fingerprint density at radius 2 is 2.23 bits per heavy atom. The third kappa shape index (κ3) is 2.06. The van der Waals surface area contributed by atoms with Crippen molar-refractivity contribution in [2.45, 2.75) is 6.42 Å². The quantitative estimate of drug-likeness (QED) is 0.399. The molecule has 0 atom stereocenters. The van der Waals surface area contributed by atoms with Gasteiger partial charge in [0, 0.05) is 24.7 Å². The summed E-state index contributed by atoms with van der Waals surface area (Å²) in [7, 11) is 5.53. The lowest BCUT2D eigenvalue weighted by Crippen LogP contribution is -2.14. The Morgan fingerprint density at radius 3 is 2.77 bits per heavy atom. The van der Waals surface area contributed by atoms with E-state index in [1.165, 1.54) is 12.1 Å². The summed E-state index contributed by atoms with van der Waals surface area (Å²) in [6.07, 6.45) is 0.211. The fourth-order valence-electron chi connectivity index (χ4n) is 1.15. The zero-order valence-corrected chi connectivity index (χ0v) is 6.93. The summed E-state index contributed by atoms with van der Waals surface area (Å²) in [6, 6.07) is 4.48. The highest BCUT2D eigenvalue weighted by Crippen LogP contribution is 2.15. The number of nitro groups is 1. The van der Waals surface area contributed by atoms with E-state index in [2.05, 4.69) is 0 Å². The summed E-state index contributed by atoms with van der Waals surface area (Å²) >= 11 is 0. The maximum Gasteiger partial charge on any atom is 0.272 e. The van der Waals surface area contributed by atoms with Crippen LogP contribution in [0, 0.1) is 10.1 Å². The monoisotopic (exact) mass is 177 g/mol. The fraction of sp³-hybridized carbons (Fsp3) is 0.250. The lowest BCUT2D eigenvalue weighted by atomic mass is 9.88. The van der Waals surface area contributed by atoms with Gasteiger partial charge in [-0.1, -0.05) is 17.6 Å². The minimum Gasteiger partial charge on any atom is -0.396 e. The molecule has 0 aromatic heterocycles. The van der Waals surface area contributed by atoms with Gasteiger partial charge in [0.2, 0.25) is 0 Å². The second kappa shape index (κ2) is 4.05. The fourth-order valence-corrected chi connectivity index (χ4v) is 1.15. The van der Waals surface area contributed by atoms with Crippen molar-refractivity contribution in [3.8, 4) is 0 Å². The van der Waals surface area contributed by atoms with Crippen LogP contribution in [0.3, 0.4) is 0 Å². The summed E-state index contributed by atoms with van der Waals surface area (Å²) in [5.74, 6) is 0. The molecule has 0 amide bonds. The van der Waals surface area contributed by atoms with Gasteiger partial charge in [-0.05, 0) is 0 Å². The second-order valence-electron chi connectivity index (χ2n) is 2.58. The minimum absolute atomic E-state index is 0.0333. The Morgan fingerprint density at radius 1 is 1.54 bits per heavy atom. The Labute approximate surface area is 76.8 Å². The van der Waals surface area contributed by atoms with Gasteiger partial charge in [0.25, 0.3) is 5.69 Å². The highest BCUT2D eigenvalue weighted by Gasteiger charge is 2.13. The molecule has 1 N–H and O–H groups in total.